The van der Waals surface area contributed by atoms with Crippen LogP contribution in [0.3, 0.4) is 0 Å². The largest absolute Gasteiger partial charge is 0.454 e. The number of aryl methyl sites for hydroxylation is 6. The number of hydrogen-bond acceptors (Lipinski definition) is 8. The summed E-state index contributed by atoms with van der Waals surface area (Å²) in [5.41, 5.74) is 30.2. The van der Waals surface area contributed by atoms with Gasteiger partial charge >= 0.3 is 0 Å². The summed E-state index contributed by atoms with van der Waals surface area (Å²) in [6, 6.07) is 125. The highest BCUT2D eigenvalue weighted by Crippen LogP contribution is 2.56. The average Bonchev–Trinajstić information content (AvgIpc) is 0.934. The highest BCUT2D eigenvalue weighted by Gasteiger charge is 2.32. The lowest BCUT2D eigenvalue weighted by Crippen LogP contribution is -2.13. The number of furan rings is 4. The first-order chi connectivity index (χ1) is 63.8. The fourth-order valence-corrected chi connectivity index (χ4v) is 21.3. The highest BCUT2D eigenvalue weighted by molar-refractivity contribution is 6.31. The van der Waals surface area contributed by atoms with Crippen LogP contribution in [-0.2, 0) is 12.8 Å². The number of benzene rings is 20. The number of unbranched alkanes of at least 4 members (excludes halogenated alkanes) is 2. The molecule has 0 aliphatic rings. The fourth-order valence-electron chi connectivity index (χ4n) is 21.3. The third-order valence-corrected chi connectivity index (χ3v) is 27.7. The van der Waals surface area contributed by atoms with Crippen LogP contribution in [0.5, 0.6) is 0 Å². The van der Waals surface area contributed by atoms with E-state index in [0.717, 1.165) is 184 Å². The number of anilines is 12. The molecule has 0 spiro atoms. The third kappa shape index (κ3) is 12.8. The van der Waals surface area contributed by atoms with Crippen molar-refractivity contribution in [1.82, 2.24) is 0 Å². The van der Waals surface area contributed by atoms with Crippen LogP contribution in [0.2, 0.25) is 0 Å². The molecule has 20 aromatic carbocycles. The SMILES string of the molecule is CCCCc1cccc2c1oc1c(N(c3ccccc3C)c3ccc4ccc5c(N(c6ccccc6C)c6cccc7c6oc6c(CCCC)cccc67)ccc6ccc3c4c65)cccc12.Cc1ccccc1N(c1ccc2ccc3c(N(c4ccccc4C)c4cccc5c4oc4c(C(C)C)cccc45)ccc4ccc1c2c43)c1cccc2c1oc1c(C(C)C)cccc12. The molecule has 4 heterocycles. The zero-order valence-corrected chi connectivity index (χ0v) is 75.2. The number of fused-ring (bicyclic) bond motifs is 12. The Kier molecular flexibility index (Phi) is 19.6. The maximum absolute atomic E-state index is 7.06. The second kappa shape index (κ2) is 32.0. The minimum Gasteiger partial charge on any atom is -0.454 e. The van der Waals surface area contributed by atoms with E-state index >= 15 is 0 Å². The molecule has 0 amide bonds. The van der Waals surface area contributed by atoms with Crippen LogP contribution in [0.4, 0.5) is 68.2 Å². The van der Waals surface area contributed by atoms with Crippen LogP contribution in [0, 0.1) is 27.7 Å². The van der Waals surface area contributed by atoms with Gasteiger partial charge in [0, 0.05) is 87.4 Å². The Morgan fingerprint density at radius 3 is 0.685 bits per heavy atom. The predicted octanol–water partition coefficient (Wildman–Crippen LogP) is 36.8. The quantitative estimate of drug-likeness (QED) is 0.0700. The van der Waals surface area contributed by atoms with Crippen molar-refractivity contribution in [2.45, 2.75) is 120 Å². The van der Waals surface area contributed by atoms with E-state index in [1.165, 1.54) is 120 Å². The highest BCUT2D eigenvalue weighted by atomic mass is 16.3. The fraction of sp³-hybridized carbons (Fsp3) is 0.148. The van der Waals surface area contributed by atoms with Gasteiger partial charge in [0.25, 0.3) is 0 Å². The van der Waals surface area contributed by atoms with E-state index < -0.39 is 0 Å². The van der Waals surface area contributed by atoms with E-state index in [9.17, 15) is 0 Å². The maximum atomic E-state index is 7.06. The van der Waals surface area contributed by atoms with Crippen molar-refractivity contribution in [3.05, 3.63) is 384 Å². The Hall–Kier alpha value is -15.1. The van der Waals surface area contributed by atoms with Gasteiger partial charge < -0.3 is 37.3 Å². The Balaban J connectivity index is 0.000000148. The molecule has 0 aliphatic carbocycles. The van der Waals surface area contributed by atoms with Crippen molar-refractivity contribution >= 4 is 221 Å². The van der Waals surface area contributed by atoms with Crippen LogP contribution in [0.1, 0.15) is 124 Å². The lowest BCUT2D eigenvalue weighted by molar-refractivity contribution is 0.657. The molecule has 8 heteroatoms. The molecule has 0 saturated carbocycles. The normalized spacial score (nSPS) is 12.1. The third-order valence-electron chi connectivity index (χ3n) is 27.7. The number of rotatable bonds is 20. The molecular weight excluding hydrogens is 1590 g/mol. The predicted molar refractivity (Wildman–Crippen MR) is 552 cm³/mol. The van der Waals surface area contributed by atoms with Crippen molar-refractivity contribution < 1.29 is 17.7 Å². The van der Waals surface area contributed by atoms with Crippen molar-refractivity contribution in [2.24, 2.45) is 0 Å². The first-order valence-corrected chi connectivity index (χ1v) is 46.4. The van der Waals surface area contributed by atoms with Crippen LogP contribution in [0.15, 0.2) is 357 Å². The first kappa shape index (κ1) is 79.5. The van der Waals surface area contributed by atoms with Gasteiger partial charge in [0.2, 0.25) is 0 Å². The van der Waals surface area contributed by atoms with Crippen molar-refractivity contribution in [3.63, 3.8) is 0 Å². The molecule has 0 saturated heterocycles. The smallest absolute Gasteiger partial charge is 0.159 e. The maximum Gasteiger partial charge on any atom is 0.159 e. The van der Waals surface area contributed by atoms with Gasteiger partial charge in [-0.25, -0.2) is 0 Å². The van der Waals surface area contributed by atoms with Crippen LogP contribution >= 0.6 is 0 Å². The number of para-hydroxylation sites is 12. The summed E-state index contributed by atoms with van der Waals surface area (Å²) in [7, 11) is 0. The van der Waals surface area contributed by atoms with Crippen LogP contribution < -0.4 is 19.6 Å². The molecule has 4 aromatic heterocycles. The average molecular weight is 1690 g/mol. The van der Waals surface area contributed by atoms with Gasteiger partial charge in [-0.15, -0.1) is 0 Å². The molecule has 8 nitrogen and oxygen atoms in total. The van der Waals surface area contributed by atoms with Gasteiger partial charge in [0.15, 0.2) is 22.3 Å². The topological polar surface area (TPSA) is 65.5 Å². The standard InChI is InChI=1S/C62H52N2O2.C60H48N2O2/c1-5-7-19-43-21-13-23-45-47-25-15-29-55(61(47)65-59(43)45)63(51-27-11-9-17-39(51)3)53-37-33-41-32-36-50-54(38-34-42-31-35-49(53)57(41)58(42)50)64(52-28-12-10-18-40(52)4)56-30-16-26-48-46-24-14-22-44(20-8-6-2)60(46)66-62(48)56;1-35(2)41-17-11-19-43-45-21-13-25-53(59(45)63-57(41)43)61(49-23-9-7-15-37(49)5)51-33-29-39-28-32-48-52(34-30-40-27-31-47(51)55(39)56(40)48)62(50-24-10-8-16-38(50)6)54-26-14-22-46-44-20-12-18-42(36(3)4)58(44)64-60(46)54/h9-18,21-38H,5-8,19-20H2,1-4H3;7-36H,1-6H3. The molecule has 130 heavy (non-hydrogen) atoms. The number of hydrogen-bond donors (Lipinski definition) is 0. The minimum atomic E-state index is 0.328. The Morgan fingerprint density at radius 2 is 0.423 bits per heavy atom. The van der Waals surface area contributed by atoms with E-state index in [4.69, 9.17) is 17.7 Å². The molecule has 0 bridgehead atoms. The molecule has 0 atom stereocenters. The number of nitrogens with zero attached hydrogens (tertiary/aromatic N) is 4. The molecule has 632 valence electrons. The summed E-state index contributed by atoms with van der Waals surface area (Å²) < 4.78 is 28.1. The summed E-state index contributed by atoms with van der Waals surface area (Å²) in [6.45, 7) is 22.3. The Labute approximate surface area is 756 Å². The van der Waals surface area contributed by atoms with Gasteiger partial charge in [0.05, 0.1) is 45.5 Å². The van der Waals surface area contributed by atoms with E-state index in [1.807, 2.05) is 0 Å². The Bertz CT molecular complexity index is 8090. The summed E-state index contributed by atoms with van der Waals surface area (Å²) >= 11 is 0. The summed E-state index contributed by atoms with van der Waals surface area (Å²) in [5.74, 6) is 0.655. The lowest BCUT2D eigenvalue weighted by atomic mass is 9.91. The zero-order chi connectivity index (χ0) is 87.8. The molecule has 0 N–H and O–H groups in total. The molecule has 0 unspecified atom stereocenters. The van der Waals surface area contributed by atoms with E-state index in [0.29, 0.717) is 11.8 Å². The van der Waals surface area contributed by atoms with Crippen molar-refractivity contribution in [1.29, 1.82) is 0 Å². The monoisotopic (exact) mass is 1680 g/mol. The van der Waals surface area contributed by atoms with Gasteiger partial charge in [-0.1, -0.05) is 321 Å². The second-order valence-corrected chi connectivity index (χ2v) is 36.2. The lowest BCUT2D eigenvalue weighted by Gasteiger charge is -2.30. The van der Waals surface area contributed by atoms with Crippen LogP contribution in [-0.4, -0.2) is 0 Å². The molecule has 0 aliphatic heterocycles. The van der Waals surface area contributed by atoms with Gasteiger partial charge in [-0.2, -0.15) is 0 Å². The summed E-state index contributed by atoms with van der Waals surface area (Å²) in [4.78, 5) is 9.73. The zero-order valence-electron chi connectivity index (χ0n) is 75.2. The second-order valence-electron chi connectivity index (χ2n) is 36.2. The van der Waals surface area contributed by atoms with Gasteiger partial charge in [-0.05, 0) is 226 Å². The van der Waals surface area contributed by atoms with Gasteiger partial charge in [-0.3, -0.25) is 0 Å². The summed E-state index contributed by atoms with van der Waals surface area (Å²) in [5, 5.41) is 23.6. The molecular formula is C122H100N4O4. The van der Waals surface area contributed by atoms with E-state index in [2.05, 4.69) is 429 Å². The van der Waals surface area contributed by atoms with Crippen molar-refractivity contribution in [3.8, 4) is 0 Å². The van der Waals surface area contributed by atoms with Crippen molar-refractivity contribution in [2.75, 3.05) is 19.6 Å². The Morgan fingerprint density at radius 1 is 0.200 bits per heavy atom. The van der Waals surface area contributed by atoms with Crippen LogP contribution in [0.25, 0.3) is 152 Å². The molecule has 24 aromatic rings. The summed E-state index contributed by atoms with van der Waals surface area (Å²) in [6.07, 6.45) is 6.52. The molecule has 24 rings (SSSR count). The first-order valence-electron chi connectivity index (χ1n) is 46.4. The minimum absolute atomic E-state index is 0.328. The van der Waals surface area contributed by atoms with E-state index in [-0.39, 0.29) is 0 Å². The molecule has 0 fully saturated rings. The van der Waals surface area contributed by atoms with E-state index in [1.54, 1.807) is 0 Å². The van der Waals surface area contributed by atoms with Gasteiger partial charge in [0.1, 0.15) is 22.3 Å². The molecule has 0 radical (unpaired) electrons.